The third-order valence-electron chi connectivity index (χ3n) is 3.43. The van der Waals surface area contributed by atoms with Gasteiger partial charge in [-0.25, -0.2) is 0 Å². The Morgan fingerprint density at radius 2 is 1.65 bits per heavy atom. The zero-order chi connectivity index (χ0) is 16.9. The molecular weight excluding hydrogens is 314 g/mol. The van der Waals surface area contributed by atoms with Crippen molar-refractivity contribution in [3.63, 3.8) is 0 Å². The smallest absolute Gasteiger partial charge is 0.306 e. The molecule has 0 heterocycles. The maximum absolute atomic E-state index is 11.1. The maximum Gasteiger partial charge on any atom is 0.306 e. The summed E-state index contributed by atoms with van der Waals surface area (Å²) in [7, 11) is -3.54. The highest BCUT2D eigenvalue weighted by molar-refractivity contribution is 7.86. The van der Waals surface area contributed by atoms with Crippen LogP contribution in [-0.2, 0) is 10.1 Å². The highest BCUT2D eigenvalue weighted by atomic mass is 32.2. The molecule has 23 heavy (non-hydrogen) atoms. The standard InChI is InChI=1S/C17H21NO4S/c1-13(14-6-4-3-5-7-14)18-12-17(19)15-8-10-16(11-9-15)22-23(2,20)21/h3-11,13,17-19H,12H2,1-2H3/t13?,17-/m0/s1. The predicted molar refractivity (Wildman–Crippen MR) is 89.7 cm³/mol. The van der Waals surface area contributed by atoms with Crippen molar-refractivity contribution in [1.29, 1.82) is 0 Å². The molecule has 0 radical (unpaired) electrons. The molecule has 0 saturated carbocycles. The second kappa shape index (κ2) is 7.59. The van der Waals surface area contributed by atoms with E-state index in [2.05, 4.69) is 5.32 Å². The van der Waals surface area contributed by atoms with Crippen LogP contribution in [-0.4, -0.2) is 26.3 Å². The van der Waals surface area contributed by atoms with E-state index < -0.39 is 16.2 Å². The highest BCUT2D eigenvalue weighted by Crippen LogP contribution is 2.19. The van der Waals surface area contributed by atoms with Crippen LogP contribution in [0, 0.1) is 0 Å². The summed E-state index contributed by atoms with van der Waals surface area (Å²) in [5.74, 6) is 0.231. The summed E-state index contributed by atoms with van der Waals surface area (Å²) >= 11 is 0. The molecule has 0 amide bonds. The number of rotatable bonds is 7. The molecule has 0 saturated heterocycles. The largest absolute Gasteiger partial charge is 0.387 e. The zero-order valence-corrected chi connectivity index (χ0v) is 14.0. The second-order valence-electron chi connectivity index (χ2n) is 5.41. The Labute approximate surface area is 137 Å². The van der Waals surface area contributed by atoms with E-state index in [4.69, 9.17) is 4.18 Å². The number of nitrogens with one attached hydrogen (secondary N) is 1. The third-order valence-corrected chi connectivity index (χ3v) is 3.92. The molecule has 2 atom stereocenters. The minimum atomic E-state index is -3.54. The van der Waals surface area contributed by atoms with Gasteiger partial charge < -0.3 is 14.6 Å². The van der Waals surface area contributed by atoms with Crippen LogP contribution < -0.4 is 9.50 Å². The summed E-state index contributed by atoms with van der Waals surface area (Å²) in [5.41, 5.74) is 1.84. The van der Waals surface area contributed by atoms with E-state index in [0.29, 0.717) is 12.1 Å². The van der Waals surface area contributed by atoms with E-state index in [0.717, 1.165) is 11.8 Å². The van der Waals surface area contributed by atoms with Gasteiger partial charge in [-0.15, -0.1) is 0 Å². The van der Waals surface area contributed by atoms with Gasteiger partial charge in [0.25, 0.3) is 0 Å². The SMILES string of the molecule is CC(NC[C@H](O)c1ccc(OS(C)(=O)=O)cc1)c1ccccc1. The van der Waals surface area contributed by atoms with Crippen molar-refractivity contribution in [2.45, 2.75) is 19.1 Å². The topological polar surface area (TPSA) is 75.6 Å². The summed E-state index contributed by atoms with van der Waals surface area (Å²) < 4.78 is 26.9. The number of hydrogen-bond donors (Lipinski definition) is 2. The van der Waals surface area contributed by atoms with Crippen molar-refractivity contribution in [2.75, 3.05) is 12.8 Å². The van der Waals surface area contributed by atoms with Crippen LogP contribution in [0.4, 0.5) is 0 Å². The monoisotopic (exact) mass is 335 g/mol. The second-order valence-corrected chi connectivity index (χ2v) is 6.99. The van der Waals surface area contributed by atoms with Gasteiger partial charge in [-0.3, -0.25) is 0 Å². The average Bonchev–Trinajstić information content (AvgIpc) is 2.52. The lowest BCUT2D eigenvalue weighted by Gasteiger charge is -2.18. The van der Waals surface area contributed by atoms with Crippen molar-refractivity contribution in [3.05, 3.63) is 65.7 Å². The number of aliphatic hydroxyl groups excluding tert-OH is 1. The molecule has 2 N–H and O–H groups in total. The molecule has 0 bridgehead atoms. The van der Waals surface area contributed by atoms with E-state index in [1.165, 1.54) is 12.1 Å². The van der Waals surface area contributed by atoms with E-state index in [1.807, 2.05) is 37.3 Å². The summed E-state index contributed by atoms with van der Waals surface area (Å²) in [4.78, 5) is 0. The van der Waals surface area contributed by atoms with Crippen LogP contribution >= 0.6 is 0 Å². The van der Waals surface area contributed by atoms with Gasteiger partial charge in [-0.1, -0.05) is 42.5 Å². The number of benzene rings is 2. The van der Waals surface area contributed by atoms with Gasteiger partial charge in [0, 0.05) is 12.6 Å². The van der Waals surface area contributed by atoms with Crippen LogP contribution in [0.1, 0.15) is 30.2 Å². The van der Waals surface area contributed by atoms with Crippen molar-refractivity contribution in [1.82, 2.24) is 5.32 Å². The molecule has 2 aromatic rings. The Morgan fingerprint density at radius 1 is 1.04 bits per heavy atom. The Balaban J connectivity index is 1.92. The van der Waals surface area contributed by atoms with Crippen LogP contribution in [0.15, 0.2) is 54.6 Å². The average molecular weight is 335 g/mol. The quantitative estimate of drug-likeness (QED) is 0.760. The lowest BCUT2D eigenvalue weighted by molar-refractivity contribution is 0.171. The summed E-state index contributed by atoms with van der Waals surface area (Å²) in [6.07, 6.45) is 0.304. The number of aliphatic hydroxyl groups is 1. The summed E-state index contributed by atoms with van der Waals surface area (Å²) in [6.45, 7) is 2.42. The van der Waals surface area contributed by atoms with Gasteiger partial charge in [0.05, 0.1) is 12.4 Å². The molecule has 6 heteroatoms. The van der Waals surface area contributed by atoms with E-state index in [1.54, 1.807) is 12.1 Å². The van der Waals surface area contributed by atoms with Crippen LogP contribution in [0.2, 0.25) is 0 Å². The predicted octanol–water partition coefficient (Wildman–Crippen LogP) is 2.41. The fourth-order valence-electron chi connectivity index (χ4n) is 2.19. The van der Waals surface area contributed by atoms with Crippen LogP contribution in [0.5, 0.6) is 5.75 Å². The Morgan fingerprint density at radius 3 is 2.22 bits per heavy atom. The van der Waals surface area contributed by atoms with E-state index in [9.17, 15) is 13.5 Å². The first-order chi connectivity index (χ1) is 10.8. The molecule has 5 nitrogen and oxygen atoms in total. The Bertz CT molecular complexity index is 714. The van der Waals surface area contributed by atoms with Gasteiger partial charge in [0.2, 0.25) is 0 Å². The molecule has 124 valence electrons. The molecule has 0 aliphatic rings. The lowest BCUT2D eigenvalue weighted by atomic mass is 10.1. The molecule has 2 aromatic carbocycles. The van der Waals surface area contributed by atoms with Gasteiger partial charge in [0.15, 0.2) is 0 Å². The molecule has 2 rings (SSSR count). The van der Waals surface area contributed by atoms with Crippen molar-refractivity contribution in [3.8, 4) is 5.75 Å². The first kappa shape index (κ1) is 17.5. The first-order valence-corrected chi connectivity index (χ1v) is 9.12. The Kier molecular flexibility index (Phi) is 5.76. The minimum Gasteiger partial charge on any atom is -0.387 e. The van der Waals surface area contributed by atoms with Gasteiger partial charge >= 0.3 is 10.1 Å². The molecular formula is C17H21NO4S. The molecule has 1 unspecified atom stereocenters. The summed E-state index contributed by atoms with van der Waals surface area (Å²) in [6, 6.07) is 16.5. The summed E-state index contributed by atoms with van der Waals surface area (Å²) in [5, 5.41) is 13.5. The van der Waals surface area contributed by atoms with Crippen molar-refractivity contribution < 1.29 is 17.7 Å². The minimum absolute atomic E-state index is 0.124. The normalized spacial score (nSPS) is 14.2. The molecule has 0 spiro atoms. The molecule has 0 aliphatic heterocycles. The lowest BCUT2D eigenvalue weighted by Crippen LogP contribution is -2.24. The molecule has 0 aromatic heterocycles. The van der Waals surface area contributed by atoms with Crippen LogP contribution in [0.3, 0.4) is 0 Å². The third kappa shape index (κ3) is 5.67. The fourth-order valence-corrected chi connectivity index (χ4v) is 2.65. The first-order valence-electron chi connectivity index (χ1n) is 7.31. The highest BCUT2D eigenvalue weighted by Gasteiger charge is 2.11. The zero-order valence-electron chi connectivity index (χ0n) is 13.1. The van der Waals surface area contributed by atoms with Gasteiger partial charge in [0.1, 0.15) is 5.75 Å². The van der Waals surface area contributed by atoms with Crippen LogP contribution in [0.25, 0.3) is 0 Å². The van der Waals surface area contributed by atoms with Gasteiger partial charge in [-0.05, 0) is 30.2 Å². The Hall–Kier alpha value is -1.89. The van der Waals surface area contributed by atoms with Crippen molar-refractivity contribution >= 4 is 10.1 Å². The van der Waals surface area contributed by atoms with Crippen molar-refractivity contribution in [2.24, 2.45) is 0 Å². The van der Waals surface area contributed by atoms with E-state index in [-0.39, 0.29) is 11.8 Å². The molecule has 0 fully saturated rings. The van der Waals surface area contributed by atoms with E-state index >= 15 is 0 Å². The fraction of sp³-hybridized carbons (Fsp3) is 0.294. The molecule has 0 aliphatic carbocycles. The number of hydrogen-bond acceptors (Lipinski definition) is 5. The van der Waals surface area contributed by atoms with Gasteiger partial charge in [-0.2, -0.15) is 8.42 Å². The maximum atomic E-state index is 11.1.